The molecule has 0 bridgehead atoms. The fourth-order valence-corrected chi connectivity index (χ4v) is 2.58. The minimum absolute atomic E-state index is 0.203. The van der Waals surface area contributed by atoms with E-state index in [9.17, 15) is 9.18 Å². The summed E-state index contributed by atoms with van der Waals surface area (Å²) in [5, 5.41) is 5.91. The van der Waals surface area contributed by atoms with Crippen LogP contribution in [-0.2, 0) is 4.74 Å². The van der Waals surface area contributed by atoms with Crippen LogP contribution in [0.3, 0.4) is 0 Å². The molecule has 1 aromatic heterocycles. The summed E-state index contributed by atoms with van der Waals surface area (Å²) in [7, 11) is 0. The van der Waals surface area contributed by atoms with Gasteiger partial charge in [0.25, 0.3) is 5.91 Å². The third-order valence-electron chi connectivity index (χ3n) is 3.93. The molecule has 25 heavy (non-hydrogen) atoms. The third kappa shape index (κ3) is 5.23. The van der Waals surface area contributed by atoms with Crippen LogP contribution in [0.2, 0.25) is 0 Å². The van der Waals surface area contributed by atoms with Crippen LogP contribution in [0, 0.1) is 5.82 Å². The molecule has 0 spiro atoms. The first-order valence-electron chi connectivity index (χ1n) is 8.28. The van der Waals surface area contributed by atoms with Crippen LogP contribution in [0.4, 0.5) is 15.8 Å². The van der Waals surface area contributed by atoms with Gasteiger partial charge in [0.05, 0.1) is 25.1 Å². The Balaban J connectivity index is 1.48. The molecule has 1 aliphatic heterocycles. The van der Waals surface area contributed by atoms with Crippen LogP contribution in [0.5, 0.6) is 0 Å². The second-order valence-corrected chi connectivity index (χ2v) is 5.78. The number of amides is 1. The lowest BCUT2D eigenvalue weighted by Gasteiger charge is -2.26. The average molecular weight is 344 g/mol. The van der Waals surface area contributed by atoms with Crippen LogP contribution in [0.15, 0.2) is 42.6 Å². The number of nitrogens with one attached hydrogen (secondary N) is 2. The maximum absolute atomic E-state index is 13.2. The molecule has 1 aromatic carbocycles. The SMILES string of the molecule is O=C(NCCN1CCOCC1)c1ccc(Nc2cccc(F)c2)cn1. The molecule has 3 rings (SSSR count). The summed E-state index contributed by atoms with van der Waals surface area (Å²) in [6.45, 7) is 4.66. The summed E-state index contributed by atoms with van der Waals surface area (Å²) in [6, 6.07) is 9.55. The number of pyridine rings is 1. The summed E-state index contributed by atoms with van der Waals surface area (Å²) in [6.07, 6.45) is 1.56. The molecule has 2 aromatic rings. The highest BCUT2D eigenvalue weighted by Crippen LogP contribution is 2.16. The number of benzene rings is 1. The minimum Gasteiger partial charge on any atom is -0.379 e. The Labute approximate surface area is 146 Å². The Morgan fingerprint density at radius 2 is 2.04 bits per heavy atom. The van der Waals surface area contributed by atoms with Crippen molar-refractivity contribution in [3.63, 3.8) is 0 Å². The van der Waals surface area contributed by atoms with Crippen molar-refractivity contribution >= 4 is 17.3 Å². The number of carbonyl (C=O) groups excluding carboxylic acids is 1. The molecule has 2 heterocycles. The Morgan fingerprint density at radius 3 is 2.76 bits per heavy atom. The number of morpholine rings is 1. The molecule has 1 saturated heterocycles. The minimum atomic E-state index is -0.311. The van der Waals surface area contributed by atoms with Crippen LogP contribution < -0.4 is 10.6 Å². The number of ether oxygens (including phenoxy) is 1. The number of hydrogen-bond donors (Lipinski definition) is 2. The van der Waals surface area contributed by atoms with Gasteiger partial charge in [-0.15, -0.1) is 0 Å². The molecule has 7 heteroatoms. The first-order chi connectivity index (χ1) is 12.2. The number of anilines is 2. The average Bonchev–Trinajstić information content (AvgIpc) is 2.63. The van der Waals surface area contributed by atoms with E-state index in [1.54, 1.807) is 30.5 Å². The van der Waals surface area contributed by atoms with Crippen molar-refractivity contribution in [3.05, 3.63) is 54.1 Å². The molecular weight excluding hydrogens is 323 g/mol. The highest BCUT2D eigenvalue weighted by molar-refractivity contribution is 5.92. The topological polar surface area (TPSA) is 66.5 Å². The van der Waals surface area contributed by atoms with Gasteiger partial charge in [0.2, 0.25) is 0 Å². The lowest BCUT2D eigenvalue weighted by molar-refractivity contribution is 0.0383. The van der Waals surface area contributed by atoms with Crippen molar-refractivity contribution in [1.29, 1.82) is 0 Å². The van der Waals surface area contributed by atoms with E-state index in [-0.39, 0.29) is 11.7 Å². The quantitative estimate of drug-likeness (QED) is 0.839. The van der Waals surface area contributed by atoms with E-state index < -0.39 is 0 Å². The maximum atomic E-state index is 13.2. The molecule has 0 atom stereocenters. The highest BCUT2D eigenvalue weighted by atomic mass is 19.1. The van der Waals surface area contributed by atoms with E-state index in [1.807, 2.05) is 0 Å². The summed E-state index contributed by atoms with van der Waals surface area (Å²) in [4.78, 5) is 18.5. The zero-order chi connectivity index (χ0) is 17.5. The molecule has 1 aliphatic rings. The fraction of sp³-hybridized carbons (Fsp3) is 0.333. The zero-order valence-electron chi connectivity index (χ0n) is 13.9. The number of carbonyl (C=O) groups is 1. The van der Waals surface area contributed by atoms with Crippen LogP contribution >= 0.6 is 0 Å². The number of hydrogen-bond acceptors (Lipinski definition) is 5. The van der Waals surface area contributed by atoms with Gasteiger partial charge < -0.3 is 15.4 Å². The van der Waals surface area contributed by atoms with E-state index in [4.69, 9.17) is 4.74 Å². The van der Waals surface area contributed by atoms with Gasteiger partial charge in [-0.05, 0) is 30.3 Å². The Kier molecular flexibility index (Phi) is 5.92. The van der Waals surface area contributed by atoms with Gasteiger partial charge in [0.1, 0.15) is 11.5 Å². The Bertz CT molecular complexity index is 702. The van der Waals surface area contributed by atoms with Crippen molar-refractivity contribution in [1.82, 2.24) is 15.2 Å². The van der Waals surface area contributed by atoms with Gasteiger partial charge in [-0.25, -0.2) is 9.37 Å². The predicted octanol–water partition coefficient (Wildman–Crippen LogP) is 2.03. The van der Waals surface area contributed by atoms with E-state index in [1.165, 1.54) is 12.1 Å². The van der Waals surface area contributed by atoms with E-state index in [2.05, 4.69) is 20.5 Å². The summed E-state index contributed by atoms with van der Waals surface area (Å²) in [5.74, 6) is -0.514. The third-order valence-corrected chi connectivity index (χ3v) is 3.93. The number of rotatable bonds is 6. The lowest BCUT2D eigenvalue weighted by atomic mass is 10.2. The molecule has 1 amide bonds. The molecule has 2 N–H and O–H groups in total. The largest absolute Gasteiger partial charge is 0.379 e. The molecule has 132 valence electrons. The first kappa shape index (κ1) is 17.3. The van der Waals surface area contributed by atoms with Crippen molar-refractivity contribution in [2.24, 2.45) is 0 Å². The molecule has 0 unspecified atom stereocenters. The smallest absolute Gasteiger partial charge is 0.269 e. The van der Waals surface area contributed by atoms with E-state index >= 15 is 0 Å². The van der Waals surface area contributed by atoms with Gasteiger partial charge in [0, 0.05) is 31.9 Å². The number of aromatic nitrogens is 1. The maximum Gasteiger partial charge on any atom is 0.269 e. The normalized spacial score (nSPS) is 14.9. The first-order valence-corrected chi connectivity index (χ1v) is 8.28. The monoisotopic (exact) mass is 344 g/mol. The molecule has 1 fully saturated rings. The lowest BCUT2D eigenvalue weighted by Crippen LogP contribution is -2.41. The van der Waals surface area contributed by atoms with E-state index in [0.717, 1.165) is 32.8 Å². The van der Waals surface area contributed by atoms with Crippen molar-refractivity contribution in [2.45, 2.75) is 0 Å². The molecular formula is C18H21FN4O2. The Morgan fingerprint density at radius 1 is 1.20 bits per heavy atom. The van der Waals surface area contributed by atoms with Gasteiger partial charge in [-0.3, -0.25) is 9.69 Å². The predicted molar refractivity (Wildman–Crippen MR) is 93.5 cm³/mol. The molecule has 0 saturated carbocycles. The summed E-state index contributed by atoms with van der Waals surface area (Å²) in [5.41, 5.74) is 1.67. The molecule has 6 nitrogen and oxygen atoms in total. The van der Waals surface area contributed by atoms with Gasteiger partial charge in [-0.2, -0.15) is 0 Å². The zero-order valence-corrected chi connectivity index (χ0v) is 13.9. The van der Waals surface area contributed by atoms with Gasteiger partial charge in [0.15, 0.2) is 0 Å². The second-order valence-electron chi connectivity index (χ2n) is 5.78. The summed E-state index contributed by atoms with van der Waals surface area (Å²) < 4.78 is 18.5. The number of nitrogens with zero attached hydrogens (tertiary/aromatic N) is 2. The molecule has 0 aliphatic carbocycles. The second kappa shape index (κ2) is 8.55. The standard InChI is InChI=1S/C18H21FN4O2/c19-14-2-1-3-15(12-14)22-16-4-5-17(21-13-16)18(24)20-6-7-23-8-10-25-11-9-23/h1-5,12-13,22H,6-11H2,(H,20,24). The van der Waals surface area contributed by atoms with Crippen LogP contribution in [0.1, 0.15) is 10.5 Å². The van der Waals surface area contributed by atoms with Crippen molar-refractivity contribution in [3.8, 4) is 0 Å². The van der Waals surface area contributed by atoms with Gasteiger partial charge in [-0.1, -0.05) is 6.07 Å². The Hall–Kier alpha value is -2.51. The van der Waals surface area contributed by atoms with Crippen molar-refractivity contribution < 1.29 is 13.9 Å². The van der Waals surface area contributed by atoms with Crippen LogP contribution in [-0.4, -0.2) is 55.2 Å². The molecule has 0 radical (unpaired) electrons. The fourth-order valence-electron chi connectivity index (χ4n) is 2.58. The van der Waals surface area contributed by atoms with Gasteiger partial charge >= 0.3 is 0 Å². The highest BCUT2D eigenvalue weighted by Gasteiger charge is 2.11. The van der Waals surface area contributed by atoms with E-state index in [0.29, 0.717) is 23.6 Å². The van der Waals surface area contributed by atoms with Crippen molar-refractivity contribution in [2.75, 3.05) is 44.7 Å². The summed E-state index contributed by atoms with van der Waals surface area (Å²) >= 11 is 0. The van der Waals surface area contributed by atoms with Crippen LogP contribution in [0.25, 0.3) is 0 Å². The number of halogens is 1.